The van der Waals surface area contributed by atoms with Gasteiger partial charge in [-0.2, -0.15) is 0 Å². The minimum atomic E-state index is -0.677. The number of carbonyl (C=O) groups excluding carboxylic acids is 4. The third-order valence-corrected chi connectivity index (χ3v) is 13.0. The van der Waals surface area contributed by atoms with Crippen molar-refractivity contribution in [2.45, 2.75) is 89.6 Å². The molecular formula is C46H52N8O6. The van der Waals surface area contributed by atoms with Crippen molar-refractivity contribution in [1.82, 2.24) is 40.4 Å². The lowest BCUT2D eigenvalue weighted by atomic mass is 9.98. The number of methoxy groups -OCH3 is 2. The van der Waals surface area contributed by atoms with Crippen LogP contribution in [0.2, 0.25) is 0 Å². The molecule has 9 rings (SSSR count). The van der Waals surface area contributed by atoms with E-state index in [1.54, 1.807) is 0 Å². The number of imidazole rings is 2. The van der Waals surface area contributed by atoms with Crippen LogP contribution in [0.5, 0.6) is 0 Å². The van der Waals surface area contributed by atoms with Crippen LogP contribution in [0.25, 0.3) is 44.4 Å². The van der Waals surface area contributed by atoms with Crippen LogP contribution < -0.4 is 10.6 Å². The Kier molecular flexibility index (Phi) is 10.1. The van der Waals surface area contributed by atoms with Crippen molar-refractivity contribution in [1.29, 1.82) is 0 Å². The molecular weight excluding hydrogens is 761 g/mol. The number of H-pyrrole nitrogens is 2. The third kappa shape index (κ3) is 7.26. The number of likely N-dealkylation sites (tertiary alicyclic amines) is 2. The van der Waals surface area contributed by atoms with E-state index in [2.05, 4.69) is 81.3 Å². The Balaban J connectivity index is 0.880. The number of hydrogen-bond acceptors (Lipinski definition) is 8. The van der Waals surface area contributed by atoms with Crippen molar-refractivity contribution >= 4 is 34.8 Å². The largest absolute Gasteiger partial charge is 0.453 e. The summed E-state index contributed by atoms with van der Waals surface area (Å²) in [7, 11) is 2.61. The van der Waals surface area contributed by atoms with Gasteiger partial charge in [0.25, 0.3) is 0 Å². The number of aromatic amines is 2. The zero-order valence-corrected chi connectivity index (χ0v) is 34.8. The van der Waals surface area contributed by atoms with E-state index in [9.17, 15) is 19.2 Å². The first-order chi connectivity index (χ1) is 28.9. The molecule has 4 amide bonds. The maximum Gasteiger partial charge on any atom is 0.407 e. The molecule has 4 fully saturated rings. The Morgan fingerprint density at radius 2 is 1.02 bits per heavy atom. The zero-order chi connectivity index (χ0) is 42.0. The summed E-state index contributed by atoms with van der Waals surface area (Å²) in [6.45, 7) is 7.69. The molecule has 2 saturated heterocycles. The van der Waals surface area contributed by atoms with Crippen molar-refractivity contribution < 1.29 is 28.7 Å². The van der Waals surface area contributed by atoms with Gasteiger partial charge in [-0.3, -0.25) is 9.59 Å². The van der Waals surface area contributed by atoms with E-state index in [0.29, 0.717) is 11.8 Å². The molecule has 14 nitrogen and oxygen atoms in total. The van der Waals surface area contributed by atoms with Gasteiger partial charge in [0.05, 0.1) is 50.1 Å². The van der Waals surface area contributed by atoms with E-state index < -0.39 is 24.3 Å². The highest BCUT2D eigenvalue weighted by Gasteiger charge is 2.57. The summed E-state index contributed by atoms with van der Waals surface area (Å²) in [5.41, 5.74) is 5.95. The van der Waals surface area contributed by atoms with Crippen LogP contribution >= 0.6 is 0 Å². The predicted octanol–water partition coefficient (Wildman–Crippen LogP) is 7.37. The lowest BCUT2D eigenvalue weighted by Crippen LogP contribution is -2.52. The van der Waals surface area contributed by atoms with Crippen molar-refractivity contribution in [3.8, 4) is 33.6 Å². The first kappa shape index (κ1) is 39.3. The summed E-state index contributed by atoms with van der Waals surface area (Å²) >= 11 is 0. The molecule has 312 valence electrons. The quantitative estimate of drug-likeness (QED) is 0.107. The first-order valence-electron chi connectivity index (χ1n) is 21.0. The van der Waals surface area contributed by atoms with Crippen LogP contribution in [0.4, 0.5) is 9.59 Å². The Morgan fingerprint density at radius 3 is 1.48 bits per heavy atom. The van der Waals surface area contributed by atoms with E-state index in [1.807, 2.05) is 49.9 Å². The number of nitrogens with zero attached hydrogens (tertiary/aromatic N) is 4. The highest BCUT2D eigenvalue weighted by atomic mass is 16.5. The zero-order valence-electron chi connectivity index (χ0n) is 34.8. The van der Waals surface area contributed by atoms with Crippen LogP contribution in [-0.4, -0.2) is 92.1 Å². The summed E-state index contributed by atoms with van der Waals surface area (Å²) in [6, 6.07) is 19.8. The summed E-state index contributed by atoms with van der Waals surface area (Å²) in [6.07, 6.45) is 6.10. The Labute approximate surface area is 348 Å². The molecule has 0 spiro atoms. The second-order valence-electron chi connectivity index (χ2n) is 17.6. The van der Waals surface area contributed by atoms with Gasteiger partial charge in [-0.25, -0.2) is 19.6 Å². The summed E-state index contributed by atoms with van der Waals surface area (Å²) < 4.78 is 9.61. The van der Waals surface area contributed by atoms with Crippen LogP contribution in [0.1, 0.15) is 77.1 Å². The molecule has 60 heavy (non-hydrogen) atoms. The highest BCUT2D eigenvalue weighted by molar-refractivity contribution is 5.91. The summed E-state index contributed by atoms with van der Waals surface area (Å²) in [5, 5.41) is 7.69. The van der Waals surface area contributed by atoms with Gasteiger partial charge >= 0.3 is 12.2 Å². The topological polar surface area (TPSA) is 175 Å². The van der Waals surface area contributed by atoms with Crippen LogP contribution in [-0.2, 0) is 19.1 Å². The standard InChI is InChI=1S/C46H52N8O6/c1-23(2)39(51-45(57)59-5)43(55)53-35-17-31(35)19-37(53)41-47-21-33(49-41)26-9-7-25(8-10-26)27-11-12-29-16-30(14-13-28(29)15-27)34-22-48-42(50-34)38-20-32-18-36(32)54(38)44(56)40(24(3)4)52-46(58)60-6/h7-16,21-24,31-32,35-40H,17-20H2,1-6H3,(H,47,49)(H,48,50)(H,51,57)(H,52,58)/t31?,32-,35?,36?,37-,38-,39-,40-/m0/s1. The molecule has 2 aliphatic heterocycles. The van der Waals surface area contributed by atoms with Gasteiger partial charge in [-0.05, 0) is 89.0 Å². The maximum absolute atomic E-state index is 13.8. The molecule has 4 aliphatic rings. The van der Waals surface area contributed by atoms with Gasteiger partial charge in [0.1, 0.15) is 23.7 Å². The van der Waals surface area contributed by atoms with Crippen molar-refractivity contribution in [2.24, 2.45) is 23.7 Å². The Bertz CT molecular complexity index is 2460. The third-order valence-electron chi connectivity index (χ3n) is 13.0. The van der Waals surface area contributed by atoms with Gasteiger partial charge in [-0.1, -0.05) is 76.2 Å². The number of carbonyl (C=O) groups is 4. The van der Waals surface area contributed by atoms with Crippen LogP contribution in [0, 0.1) is 23.7 Å². The fourth-order valence-electron chi connectivity index (χ4n) is 9.50. The number of rotatable bonds is 11. The number of fused-ring (bicyclic) bond motifs is 3. The Hall–Kier alpha value is -6.18. The number of aromatic nitrogens is 4. The molecule has 0 bridgehead atoms. The number of alkyl carbamates (subject to hydrolysis) is 2. The van der Waals surface area contributed by atoms with Crippen molar-refractivity contribution in [2.75, 3.05) is 14.2 Å². The molecule has 14 heteroatoms. The van der Waals surface area contributed by atoms with Crippen LogP contribution in [0.15, 0.2) is 73.1 Å². The molecule has 2 saturated carbocycles. The number of piperidine rings is 2. The second-order valence-corrected chi connectivity index (χ2v) is 17.6. The van der Waals surface area contributed by atoms with Gasteiger partial charge in [-0.15, -0.1) is 0 Å². The van der Waals surface area contributed by atoms with Crippen molar-refractivity contribution in [3.63, 3.8) is 0 Å². The molecule has 2 aromatic heterocycles. The SMILES string of the molecule is COC(=O)N[C@H](C(=O)N1C2CC2C[C@H]1c1ncc(-c2ccc(-c3ccc4cc(-c5cnc([C@@H]6C[C@@H]7CC7N6C(=O)[C@@H](NC(=O)OC)C(C)C)[nH]5)ccc4c3)cc2)[nH]1)C(C)C. The lowest BCUT2D eigenvalue weighted by molar-refractivity contribution is -0.137. The average Bonchev–Trinajstić information content (AvgIpc) is 3.83. The normalized spacial score (nSPS) is 23.6. The van der Waals surface area contributed by atoms with Gasteiger partial charge in [0.15, 0.2) is 0 Å². The van der Waals surface area contributed by atoms with E-state index in [0.717, 1.165) is 81.7 Å². The van der Waals surface area contributed by atoms with E-state index in [4.69, 9.17) is 19.4 Å². The predicted molar refractivity (Wildman–Crippen MR) is 225 cm³/mol. The number of nitrogens with one attached hydrogen (secondary N) is 4. The average molecular weight is 813 g/mol. The minimum Gasteiger partial charge on any atom is -0.453 e. The van der Waals surface area contributed by atoms with Crippen LogP contribution in [0.3, 0.4) is 0 Å². The molecule has 0 radical (unpaired) electrons. The van der Waals surface area contributed by atoms with E-state index in [-0.39, 0.29) is 47.8 Å². The van der Waals surface area contributed by atoms with Gasteiger partial charge in [0, 0.05) is 17.6 Å². The number of ether oxygens (including phenoxy) is 2. The fourth-order valence-corrected chi connectivity index (χ4v) is 9.50. The number of hydrogen-bond donors (Lipinski definition) is 4. The molecule has 3 aromatic carbocycles. The van der Waals surface area contributed by atoms with E-state index in [1.165, 1.54) is 14.2 Å². The smallest absolute Gasteiger partial charge is 0.407 e. The van der Waals surface area contributed by atoms with Crippen molar-refractivity contribution in [3.05, 3.63) is 84.7 Å². The fraction of sp³-hybridized carbons (Fsp3) is 0.435. The summed E-state index contributed by atoms with van der Waals surface area (Å²) in [5.74, 6) is 2.02. The molecule has 8 atom stereocenters. The molecule has 4 heterocycles. The number of amides is 4. The molecule has 4 N–H and O–H groups in total. The molecule has 5 aromatic rings. The molecule has 2 aliphatic carbocycles. The first-order valence-corrected chi connectivity index (χ1v) is 21.0. The van der Waals surface area contributed by atoms with E-state index >= 15 is 0 Å². The van der Waals surface area contributed by atoms with Gasteiger partial charge in [0.2, 0.25) is 11.8 Å². The Morgan fingerprint density at radius 1 is 0.600 bits per heavy atom. The van der Waals surface area contributed by atoms with Gasteiger partial charge < -0.3 is 39.9 Å². The maximum atomic E-state index is 13.8. The second kappa shape index (κ2) is 15.4. The lowest BCUT2D eigenvalue weighted by Gasteiger charge is -2.31. The molecule has 3 unspecified atom stereocenters. The highest BCUT2D eigenvalue weighted by Crippen LogP contribution is 2.54. The minimum absolute atomic E-state index is 0.0970. The summed E-state index contributed by atoms with van der Waals surface area (Å²) in [4.78, 5) is 72.2. The number of benzene rings is 3. The monoisotopic (exact) mass is 812 g/mol.